The molecule has 2 amide bonds. The Morgan fingerprint density at radius 3 is 2.64 bits per heavy atom. The summed E-state index contributed by atoms with van der Waals surface area (Å²) in [6.45, 7) is 4.25. The fraction of sp³-hybridized carbons (Fsp3) is 0.529. The van der Waals surface area contributed by atoms with E-state index in [0.717, 1.165) is 13.0 Å². The van der Waals surface area contributed by atoms with Gasteiger partial charge in [-0.05, 0) is 24.6 Å². The van der Waals surface area contributed by atoms with Gasteiger partial charge in [-0.2, -0.15) is 0 Å². The van der Waals surface area contributed by atoms with Gasteiger partial charge in [-0.15, -0.1) is 12.4 Å². The SMILES string of the molecule is Cl.O=C(c1cccc(Cl)c1)N1CCCN(C(=O)C2CNCCO2)CC1. The maximum atomic E-state index is 12.6. The fourth-order valence-corrected chi connectivity index (χ4v) is 3.26. The van der Waals surface area contributed by atoms with Crippen molar-refractivity contribution >= 4 is 35.8 Å². The van der Waals surface area contributed by atoms with Gasteiger partial charge in [0.25, 0.3) is 11.8 Å². The molecule has 25 heavy (non-hydrogen) atoms. The van der Waals surface area contributed by atoms with Crippen molar-refractivity contribution in [1.29, 1.82) is 0 Å². The predicted molar refractivity (Wildman–Crippen MR) is 98.4 cm³/mol. The molecule has 2 heterocycles. The summed E-state index contributed by atoms with van der Waals surface area (Å²) in [4.78, 5) is 28.7. The Balaban J connectivity index is 0.00000225. The molecule has 0 aromatic heterocycles. The van der Waals surface area contributed by atoms with E-state index in [1.807, 2.05) is 4.90 Å². The highest BCUT2D eigenvalue weighted by Gasteiger charge is 2.29. The highest BCUT2D eigenvalue weighted by atomic mass is 35.5. The molecule has 8 heteroatoms. The molecule has 1 atom stereocenters. The third kappa shape index (κ3) is 5.07. The van der Waals surface area contributed by atoms with Gasteiger partial charge in [0.1, 0.15) is 6.10 Å². The summed E-state index contributed by atoms with van der Waals surface area (Å²) in [6, 6.07) is 6.97. The molecular formula is C17H23Cl2N3O3. The van der Waals surface area contributed by atoms with Gasteiger partial charge in [0.2, 0.25) is 0 Å². The van der Waals surface area contributed by atoms with Gasteiger partial charge in [-0.25, -0.2) is 0 Å². The minimum absolute atomic E-state index is 0. The van der Waals surface area contributed by atoms with Crippen LogP contribution >= 0.6 is 24.0 Å². The molecule has 2 fully saturated rings. The monoisotopic (exact) mass is 387 g/mol. The molecule has 1 unspecified atom stereocenters. The Morgan fingerprint density at radius 1 is 1.16 bits per heavy atom. The lowest BCUT2D eigenvalue weighted by molar-refractivity contribution is -0.145. The molecule has 138 valence electrons. The summed E-state index contributed by atoms with van der Waals surface area (Å²) < 4.78 is 5.54. The number of amides is 2. The van der Waals surface area contributed by atoms with Crippen LogP contribution in [0.4, 0.5) is 0 Å². The first-order valence-corrected chi connectivity index (χ1v) is 8.69. The Morgan fingerprint density at radius 2 is 1.92 bits per heavy atom. The summed E-state index contributed by atoms with van der Waals surface area (Å²) in [7, 11) is 0. The first-order chi connectivity index (χ1) is 11.6. The number of benzene rings is 1. The maximum Gasteiger partial charge on any atom is 0.253 e. The molecule has 0 saturated carbocycles. The average Bonchev–Trinajstić information content (AvgIpc) is 2.87. The van der Waals surface area contributed by atoms with Crippen molar-refractivity contribution in [3.8, 4) is 0 Å². The summed E-state index contributed by atoms with van der Waals surface area (Å²) in [6.07, 6.45) is 0.354. The summed E-state index contributed by atoms with van der Waals surface area (Å²) in [5.41, 5.74) is 0.585. The quantitative estimate of drug-likeness (QED) is 0.833. The highest BCUT2D eigenvalue weighted by molar-refractivity contribution is 6.30. The number of nitrogens with one attached hydrogen (secondary N) is 1. The van der Waals surface area contributed by atoms with Crippen molar-refractivity contribution in [1.82, 2.24) is 15.1 Å². The van der Waals surface area contributed by atoms with Crippen molar-refractivity contribution in [2.45, 2.75) is 12.5 Å². The van der Waals surface area contributed by atoms with Crippen molar-refractivity contribution in [3.05, 3.63) is 34.9 Å². The van der Waals surface area contributed by atoms with Crippen LogP contribution in [0.1, 0.15) is 16.8 Å². The second-order valence-electron chi connectivity index (χ2n) is 6.04. The molecule has 3 rings (SSSR count). The molecule has 1 N–H and O–H groups in total. The molecule has 6 nitrogen and oxygen atoms in total. The lowest BCUT2D eigenvalue weighted by Gasteiger charge is -2.29. The fourth-order valence-electron chi connectivity index (χ4n) is 3.07. The number of hydrogen-bond donors (Lipinski definition) is 1. The van der Waals surface area contributed by atoms with Gasteiger partial charge < -0.3 is 19.9 Å². The molecule has 1 aromatic carbocycles. The number of halogens is 2. The van der Waals surface area contributed by atoms with Crippen LogP contribution in [-0.2, 0) is 9.53 Å². The topological polar surface area (TPSA) is 61.9 Å². The van der Waals surface area contributed by atoms with Crippen molar-refractivity contribution in [3.63, 3.8) is 0 Å². The predicted octanol–water partition coefficient (Wildman–Crippen LogP) is 1.42. The van der Waals surface area contributed by atoms with Crippen LogP contribution in [-0.4, -0.2) is 73.6 Å². The Kier molecular flexibility index (Phi) is 7.50. The zero-order valence-corrected chi connectivity index (χ0v) is 15.5. The summed E-state index contributed by atoms with van der Waals surface area (Å²) >= 11 is 5.97. The maximum absolute atomic E-state index is 12.6. The lowest BCUT2D eigenvalue weighted by Crippen LogP contribution is -2.50. The molecule has 2 aliphatic heterocycles. The van der Waals surface area contributed by atoms with E-state index in [2.05, 4.69) is 5.32 Å². The van der Waals surface area contributed by atoms with Crippen LogP contribution in [0.2, 0.25) is 5.02 Å². The summed E-state index contributed by atoms with van der Waals surface area (Å²) in [5, 5.41) is 3.73. The van der Waals surface area contributed by atoms with Gasteiger partial charge in [0.05, 0.1) is 6.61 Å². The number of nitrogens with zero attached hydrogens (tertiary/aromatic N) is 2. The minimum atomic E-state index is -0.408. The van der Waals surface area contributed by atoms with E-state index in [-0.39, 0.29) is 24.2 Å². The van der Waals surface area contributed by atoms with Crippen molar-refractivity contribution in [2.75, 3.05) is 45.9 Å². The van der Waals surface area contributed by atoms with E-state index in [1.165, 1.54) is 0 Å². The molecule has 2 aliphatic rings. The van der Waals surface area contributed by atoms with Crippen LogP contribution in [0.15, 0.2) is 24.3 Å². The van der Waals surface area contributed by atoms with E-state index in [0.29, 0.717) is 49.9 Å². The number of ether oxygens (including phenoxy) is 1. The molecule has 1 aromatic rings. The highest BCUT2D eigenvalue weighted by Crippen LogP contribution is 2.15. The summed E-state index contributed by atoms with van der Waals surface area (Å²) in [5.74, 6) is -0.0263. The zero-order valence-electron chi connectivity index (χ0n) is 13.9. The van der Waals surface area contributed by atoms with E-state index < -0.39 is 6.10 Å². The molecule has 0 aliphatic carbocycles. The Hall–Kier alpha value is -1.34. The van der Waals surface area contributed by atoms with E-state index in [1.54, 1.807) is 29.2 Å². The number of morpholine rings is 1. The average molecular weight is 388 g/mol. The van der Waals surface area contributed by atoms with Crippen LogP contribution in [0.3, 0.4) is 0 Å². The van der Waals surface area contributed by atoms with Gasteiger partial charge in [-0.1, -0.05) is 17.7 Å². The second-order valence-corrected chi connectivity index (χ2v) is 6.48. The smallest absolute Gasteiger partial charge is 0.253 e. The molecular weight excluding hydrogens is 365 g/mol. The molecule has 0 bridgehead atoms. The Labute approximate surface area is 158 Å². The Bertz CT molecular complexity index is 609. The van der Waals surface area contributed by atoms with Gasteiger partial charge in [-0.3, -0.25) is 9.59 Å². The van der Waals surface area contributed by atoms with Crippen LogP contribution in [0.5, 0.6) is 0 Å². The van der Waals surface area contributed by atoms with Gasteiger partial charge in [0.15, 0.2) is 0 Å². The first-order valence-electron chi connectivity index (χ1n) is 8.31. The largest absolute Gasteiger partial charge is 0.366 e. The number of carbonyl (C=O) groups is 2. The van der Waals surface area contributed by atoms with Gasteiger partial charge >= 0.3 is 0 Å². The van der Waals surface area contributed by atoms with Crippen LogP contribution in [0.25, 0.3) is 0 Å². The third-order valence-electron chi connectivity index (χ3n) is 4.37. The number of rotatable bonds is 2. The van der Waals surface area contributed by atoms with Crippen molar-refractivity contribution < 1.29 is 14.3 Å². The van der Waals surface area contributed by atoms with E-state index in [9.17, 15) is 9.59 Å². The molecule has 0 radical (unpaired) electrons. The lowest BCUT2D eigenvalue weighted by atomic mass is 10.2. The number of carbonyl (C=O) groups excluding carboxylic acids is 2. The van der Waals surface area contributed by atoms with Crippen molar-refractivity contribution in [2.24, 2.45) is 0 Å². The second kappa shape index (κ2) is 9.38. The van der Waals surface area contributed by atoms with E-state index in [4.69, 9.17) is 16.3 Å². The van der Waals surface area contributed by atoms with Crippen LogP contribution < -0.4 is 5.32 Å². The third-order valence-corrected chi connectivity index (χ3v) is 4.60. The normalized spacial score (nSPS) is 21.2. The van der Waals surface area contributed by atoms with E-state index >= 15 is 0 Å². The minimum Gasteiger partial charge on any atom is -0.366 e. The first kappa shape index (κ1) is 20.0. The molecule has 2 saturated heterocycles. The zero-order chi connectivity index (χ0) is 16.9. The molecule has 0 spiro atoms. The standard InChI is InChI=1S/C17H22ClN3O3.ClH/c18-14-4-1-3-13(11-14)16(22)20-6-2-7-21(9-8-20)17(23)15-12-19-5-10-24-15;/h1,3-4,11,15,19H,2,5-10,12H2;1H. The van der Waals surface area contributed by atoms with Crippen LogP contribution in [0, 0.1) is 0 Å². The van der Waals surface area contributed by atoms with Gasteiger partial charge in [0, 0.05) is 49.9 Å². The number of hydrogen-bond acceptors (Lipinski definition) is 4.